The van der Waals surface area contributed by atoms with Gasteiger partial charge < -0.3 is 4.74 Å². The predicted octanol–water partition coefficient (Wildman–Crippen LogP) is 3.64. The van der Waals surface area contributed by atoms with Gasteiger partial charge in [0.2, 0.25) is 0 Å². The molecule has 0 aliphatic rings. The molecule has 0 radical (unpaired) electrons. The van der Waals surface area contributed by atoms with Gasteiger partial charge in [-0.05, 0) is 19.1 Å². The van der Waals surface area contributed by atoms with Crippen LogP contribution >= 0.6 is 22.9 Å². The second kappa shape index (κ2) is 5.29. The van der Waals surface area contributed by atoms with Crippen molar-refractivity contribution >= 4 is 28.9 Å². The summed E-state index contributed by atoms with van der Waals surface area (Å²) in [5.74, 6) is -0.392. The van der Waals surface area contributed by atoms with Crippen LogP contribution in [0.2, 0.25) is 5.02 Å². The van der Waals surface area contributed by atoms with Gasteiger partial charge in [-0.25, -0.2) is 9.78 Å². The van der Waals surface area contributed by atoms with E-state index in [0.717, 1.165) is 10.6 Å². The zero-order chi connectivity index (χ0) is 12.3. The zero-order valence-electron chi connectivity index (χ0n) is 9.14. The molecule has 0 saturated heterocycles. The maximum Gasteiger partial charge on any atom is 0.357 e. The monoisotopic (exact) mass is 267 g/mol. The van der Waals surface area contributed by atoms with Crippen molar-refractivity contribution in [1.82, 2.24) is 4.98 Å². The summed E-state index contributed by atoms with van der Waals surface area (Å²) in [7, 11) is 0. The van der Waals surface area contributed by atoms with E-state index in [2.05, 4.69) is 4.98 Å². The number of carbonyl (C=O) groups excluding carboxylic acids is 1. The highest BCUT2D eigenvalue weighted by Crippen LogP contribution is 2.26. The Morgan fingerprint density at radius 2 is 2.35 bits per heavy atom. The molecule has 0 N–H and O–H groups in total. The smallest absolute Gasteiger partial charge is 0.357 e. The van der Waals surface area contributed by atoms with E-state index in [-0.39, 0.29) is 0 Å². The molecule has 0 atom stereocenters. The normalized spacial score (nSPS) is 10.2. The van der Waals surface area contributed by atoms with Crippen molar-refractivity contribution in [3.05, 3.63) is 40.4 Å². The molecule has 1 aromatic carbocycles. The van der Waals surface area contributed by atoms with E-state index in [1.165, 1.54) is 11.3 Å². The number of hydrogen-bond donors (Lipinski definition) is 0. The fraction of sp³-hybridized carbons (Fsp3) is 0.167. The third-order valence-electron chi connectivity index (χ3n) is 2.06. The maximum atomic E-state index is 11.5. The Balaban J connectivity index is 2.27. The first-order chi connectivity index (χ1) is 8.20. The molecule has 0 aliphatic carbocycles. The highest BCUT2D eigenvalue weighted by Gasteiger charge is 2.12. The van der Waals surface area contributed by atoms with E-state index >= 15 is 0 Å². The molecule has 2 aromatic rings. The van der Waals surface area contributed by atoms with Crippen LogP contribution < -0.4 is 0 Å². The molecular weight excluding hydrogens is 258 g/mol. The van der Waals surface area contributed by atoms with E-state index in [4.69, 9.17) is 16.3 Å². The van der Waals surface area contributed by atoms with Gasteiger partial charge in [0.25, 0.3) is 0 Å². The van der Waals surface area contributed by atoms with Crippen LogP contribution in [0.15, 0.2) is 29.6 Å². The lowest BCUT2D eigenvalue weighted by atomic mass is 10.2. The lowest BCUT2D eigenvalue weighted by molar-refractivity contribution is 0.0520. The predicted molar refractivity (Wildman–Crippen MR) is 68.5 cm³/mol. The summed E-state index contributed by atoms with van der Waals surface area (Å²) in [6.07, 6.45) is 0. The second-order valence-electron chi connectivity index (χ2n) is 3.27. The first-order valence-electron chi connectivity index (χ1n) is 5.09. The largest absolute Gasteiger partial charge is 0.461 e. The van der Waals surface area contributed by atoms with E-state index in [1.807, 2.05) is 18.2 Å². The zero-order valence-corrected chi connectivity index (χ0v) is 10.7. The molecule has 3 nitrogen and oxygen atoms in total. The van der Waals surface area contributed by atoms with Crippen LogP contribution in [0, 0.1) is 0 Å². The molecule has 1 aromatic heterocycles. The summed E-state index contributed by atoms with van der Waals surface area (Å²) in [6, 6.07) is 7.36. The number of carbonyl (C=O) groups is 1. The third kappa shape index (κ3) is 2.84. The van der Waals surface area contributed by atoms with Crippen LogP contribution in [-0.4, -0.2) is 17.6 Å². The van der Waals surface area contributed by atoms with E-state index in [0.29, 0.717) is 17.3 Å². The number of thiazole rings is 1. The van der Waals surface area contributed by atoms with Crippen LogP contribution in [-0.2, 0) is 4.74 Å². The molecule has 5 heteroatoms. The first kappa shape index (κ1) is 12.1. The SMILES string of the molecule is CCOC(=O)c1csc(-c2cccc(Cl)c2)n1. The molecule has 0 bridgehead atoms. The Morgan fingerprint density at radius 1 is 1.53 bits per heavy atom. The number of nitrogens with zero attached hydrogens (tertiary/aromatic N) is 1. The maximum absolute atomic E-state index is 11.5. The van der Waals surface area contributed by atoms with Crippen molar-refractivity contribution in [2.75, 3.05) is 6.61 Å². The summed E-state index contributed by atoms with van der Waals surface area (Å²) in [6.45, 7) is 2.12. The number of aromatic nitrogens is 1. The van der Waals surface area contributed by atoms with Crippen molar-refractivity contribution in [2.45, 2.75) is 6.92 Å². The van der Waals surface area contributed by atoms with Crippen LogP contribution in [0.1, 0.15) is 17.4 Å². The topological polar surface area (TPSA) is 39.2 Å². The van der Waals surface area contributed by atoms with Crippen molar-refractivity contribution in [1.29, 1.82) is 0 Å². The molecule has 88 valence electrons. The summed E-state index contributed by atoms with van der Waals surface area (Å²) in [4.78, 5) is 15.7. The number of hydrogen-bond acceptors (Lipinski definition) is 4. The van der Waals surface area contributed by atoms with Gasteiger partial charge in [-0.2, -0.15) is 0 Å². The van der Waals surface area contributed by atoms with Gasteiger partial charge in [0.05, 0.1) is 6.61 Å². The Labute approximate surface area is 108 Å². The van der Waals surface area contributed by atoms with Gasteiger partial charge in [0, 0.05) is 16.0 Å². The number of halogens is 1. The van der Waals surface area contributed by atoms with Gasteiger partial charge in [-0.1, -0.05) is 23.7 Å². The van der Waals surface area contributed by atoms with E-state index in [1.54, 1.807) is 18.4 Å². The van der Waals surface area contributed by atoms with Gasteiger partial charge in [0.1, 0.15) is 5.01 Å². The first-order valence-corrected chi connectivity index (χ1v) is 6.35. The summed E-state index contributed by atoms with van der Waals surface area (Å²) < 4.78 is 4.88. The Hall–Kier alpha value is -1.39. The number of ether oxygens (including phenoxy) is 1. The second-order valence-corrected chi connectivity index (χ2v) is 4.56. The number of esters is 1. The standard InChI is InChI=1S/C12H10ClNO2S/c1-2-16-12(15)10-7-17-11(14-10)8-4-3-5-9(13)6-8/h3-7H,2H2,1H3. The Morgan fingerprint density at radius 3 is 3.06 bits per heavy atom. The number of benzene rings is 1. The minimum absolute atomic E-state index is 0.340. The molecule has 1 heterocycles. The van der Waals surface area contributed by atoms with Gasteiger partial charge in [-0.15, -0.1) is 11.3 Å². The summed E-state index contributed by atoms with van der Waals surface area (Å²) in [5.41, 5.74) is 1.24. The molecule has 0 aliphatic heterocycles. The molecule has 17 heavy (non-hydrogen) atoms. The molecule has 0 fully saturated rings. The van der Waals surface area contributed by atoms with Crippen LogP contribution in [0.4, 0.5) is 0 Å². The van der Waals surface area contributed by atoms with Crippen LogP contribution in [0.3, 0.4) is 0 Å². The third-order valence-corrected chi connectivity index (χ3v) is 3.19. The highest BCUT2D eigenvalue weighted by atomic mass is 35.5. The quantitative estimate of drug-likeness (QED) is 0.797. The molecule has 0 spiro atoms. The summed E-state index contributed by atoms with van der Waals surface area (Å²) >= 11 is 7.29. The Kier molecular flexibility index (Phi) is 3.76. The van der Waals surface area contributed by atoms with E-state index < -0.39 is 5.97 Å². The molecule has 0 saturated carbocycles. The average molecular weight is 268 g/mol. The van der Waals surface area contributed by atoms with Crippen LogP contribution in [0.5, 0.6) is 0 Å². The molecule has 0 unspecified atom stereocenters. The van der Waals surface area contributed by atoms with Crippen molar-refractivity contribution in [3.63, 3.8) is 0 Å². The van der Waals surface area contributed by atoms with Crippen molar-refractivity contribution in [3.8, 4) is 10.6 Å². The average Bonchev–Trinajstić information content (AvgIpc) is 2.78. The molecule has 0 amide bonds. The molecule has 2 rings (SSSR count). The van der Waals surface area contributed by atoms with Gasteiger partial charge in [-0.3, -0.25) is 0 Å². The van der Waals surface area contributed by atoms with Gasteiger partial charge in [0.15, 0.2) is 5.69 Å². The van der Waals surface area contributed by atoms with E-state index in [9.17, 15) is 4.79 Å². The Bertz CT molecular complexity index is 539. The summed E-state index contributed by atoms with van der Waals surface area (Å²) in [5, 5.41) is 3.10. The van der Waals surface area contributed by atoms with Gasteiger partial charge >= 0.3 is 5.97 Å². The van der Waals surface area contributed by atoms with Crippen LogP contribution in [0.25, 0.3) is 10.6 Å². The minimum Gasteiger partial charge on any atom is -0.461 e. The highest BCUT2D eigenvalue weighted by molar-refractivity contribution is 7.13. The number of rotatable bonds is 3. The minimum atomic E-state index is -0.392. The lowest BCUT2D eigenvalue weighted by Crippen LogP contribution is -2.04. The van der Waals surface area contributed by atoms with Crippen molar-refractivity contribution < 1.29 is 9.53 Å². The molecular formula is C12H10ClNO2S. The van der Waals surface area contributed by atoms with Crippen molar-refractivity contribution in [2.24, 2.45) is 0 Å². The fourth-order valence-electron chi connectivity index (χ4n) is 1.33. The fourth-order valence-corrected chi connectivity index (χ4v) is 2.30. The lowest BCUT2D eigenvalue weighted by Gasteiger charge is -1.97.